The van der Waals surface area contributed by atoms with Crippen molar-refractivity contribution < 1.29 is 9.50 Å². The Labute approximate surface area is 104 Å². The molecular formula is C10H8BrFN2OS. The van der Waals surface area contributed by atoms with Crippen LogP contribution in [0.1, 0.15) is 16.5 Å². The van der Waals surface area contributed by atoms with Gasteiger partial charge >= 0.3 is 0 Å². The molecule has 0 saturated carbocycles. The highest BCUT2D eigenvalue weighted by Gasteiger charge is 2.16. The lowest BCUT2D eigenvalue weighted by Crippen LogP contribution is -1.98. The first-order valence-electron chi connectivity index (χ1n) is 4.42. The zero-order valence-electron chi connectivity index (χ0n) is 8.02. The molecule has 0 aliphatic rings. The zero-order chi connectivity index (χ0) is 11.7. The molecule has 3 N–H and O–H groups in total. The maximum absolute atomic E-state index is 12.9. The molecule has 2 rings (SSSR count). The van der Waals surface area contributed by atoms with Gasteiger partial charge in [0.15, 0.2) is 5.13 Å². The van der Waals surface area contributed by atoms with Gasteiger partial charge in [-0.15, -0.1) is 0 Å². The van der Waals surface area contributed by atoms with Crippen molar-refractivity contribution in [3.8, 4) is 0 Å². The van der Waals surface area contributed by atoms with Gasteiger partial charge in [-0.3, -0.25) is 0 Å². The summed E-state index contributed by atoms with van der Waals surface area (Å²) in [6, 6.07) is 4.14. The molecule has 1 heterocycles. The van der Waals surface area contributed by atoms with Crippen molar-refractivity contribution in [1.29, 1.82) is 0 Å². The van der Waals surface area contributed by atoms with Crippen LogP contribution in [0.2, 0.25) is 0 Å². The van der Waals surface area contributed by atoms with Gasteiger partial charge in [-0.2, -0.15) is 0 Å². The Morgan fingerprint density at radius 3 is 2.81 bits per heavy atom. The number of hydrogen-bond acceptors (Lipinski definition) is 4. The van der Waals surface area contributed by atoms with Crippen LogP contribution in [0, 0.1) is 5.82 Å². The van der Waals surface area contributed by atoms with E-state index in [9.17, 15) is 9.50 Å². The van der Waals surface area contributed by atoms with E-state index in [1.807, 2.05) is 0 Å². The molecule has 0 radical (unpaired) electrons. The van der Waals surface area contributed by atoms with Crippen LogP contribution in [0.25, 0.3) is 0 Å². The number of aliphatic hydroxyl groups is 1. The molecule has 0 bridgehead atoms. The molecule has 2 aromatic rings. The number of nitrogens with two attached hydrogens (primary N) is 1. The Morgan fingerprint density at radius 2 is 2.25 bits per heavy atom. The van der Waals surface area contributed by atoms with E-state index < -0.39 is 6.10 Å². The Hall–Kier alpha value is -0.980. The number of anilines is 1. The average molecular weight is 303 g/mol. The second-order valence-electron chi connectivity index (χ2n) is 3.17. The van der Waals surface area contributed by atoms with Crippen molar-refractivity contribution in [3.63, 3.8) is 0 Å². The van der Waals surface area contributed by atoms with Crippen molar-refractivity contribution >= 4 is 32.4 Å². The van der Waals surface area contributed by atoms with E-state index >= 15 is 0 Å². The monoisotopic (exact) mass is 302 g/mol. The minimum absolute atomic E-state index is 0.355. The van der Waals surface area contributed by atoms with Crippen LogP contribution < -0.4 is 5.73 Å². The average Bonchev–Trinajstić information content (AvgIpc) is 2.64. The maximum atomic E-state index is 12.9. The normalized spacial score (nSPS) is 12.7. The molecule has 0 aliphatic carbocycles. The summed E-state index contributed by atoms with van der Waals surface area (Å²) in [5.74, 6) is -0.355. The largest absolute Gasteiger partial charge is 0.383 e. The standard InChI is InChI=1S/C10H8BrFN2OS/c11-7-3-5(12)1-2-6(7)9(15)8-4-14-10(13)16-8/h1-4,9,15H,(H2,13,14). The summed E-state index contributed by atoms with van der Waals surface area (Å²) in [4.78, 5) is 4.49. The Bertz CT molecular complexity index is 517. The number of aliphatic hydroxyl groups excluding tert-OH is 1. The summed E-state index contributed by atoms with van der Waals surface area (Å²) in [5, 5.41) is 10.4. The summed E-state index contributed by atoms with van der Waals surface area (Å²) in [6.45, 7) is 0. The van der Waals surface area contributed by atoms with Gasteiger partial charge in [0.2, 0.25) is 0 Å². The minimum atomic E-state index is -0.843. The fourth-order valence-electron chi connectivity index (χ4n) is 1.30. The maximum Gasteiger partial charge on any atom is 0.180 e. The molecular weight excluding hydrogens is 295 g/mol. The summed E-state index contributed by atoms with van der Waals surface area (Å²) in [6.07, 6.45) is 0.672. The van der Waals surface area contributed by atoms with Gasteiger partial charge < -0.3 is 10.8 Å². The summed E-state index contributed by atoms with van der Waals surface area (Å²) in [7, 11) is 0. The van der Waals surface area contributed by atoms with E-state index in [1.165, 1.54) is 35.7 Å². The van der Waals surface area contributed by atoms with E-state index in [1.54, 1.807) is 0 Å². The number of nitrogens with zero attached hydrogens (tertiary/aromatic N) is 1. The second-order valence-corrected chi connectivity index (χ2v) is 5.12. The molecule has 0 saturated heterocycles. The molecule has 0 aliphatic heterocycles. The summed E-state index contributed by atoms with van der Waals surface area (Å²) < 4.78 is 13.4. The molecule has 0 fully saturated rings. The second kappa shape index (κ2) is 4.48. The van der Waals surface area contributed by atoms with Crippen molar-refractivity contribution in [3.05, 3.63) is 45.1 Å². The highest BCUT2D eigenvalue weighted by Crippen LogP contribution is 2.32. The van der Waals surface area contributed by atoms with Crippen LogP contribution in [0.5, 0.6) is 0 Å². The van der Waals surface area contributed by atoms with Crippen LogP contribution in [-0.4, -0.2) is 10.1 Å². The Kier molecular flexibility index (Phi) is 3.22. The van der Waals surface area contributed by atoms with Gasteiger partial charge in [0, 0.05) is 16.2 Å². The summed E-state index contributed by atoms with van der Waals surface area (Å²) >= 11 is 4.41. The molecule has 0 amide bonds. The smallest absolute Gasteiger partial charge is 0.180 e. The van der Waals surface area contributed by atoms with Crippen LogP contribution in [0.4, 0.5) is 9.52 Å². The first-order chi connectivity index (χ1) is 7.58. The van der Waals surface area contributed by atoms with Gasteiger partial charge in [-0.1, -0.05) is 33.3 Å². The predicted molar refractivity (Wildman–Crippen MR) is 64.7 cm³/mol. The third kappa shape index (κ3) is 2.23. The number of halogens is 2. The topological polar surface area (TPSA) is 59.1 Å². The fourth-order valence-corrected chi connectivity index (χ4v) is 2.56. The number of aromatic nitrogens is 1. The first-order valence-corrected chi connectivity index (χ1v) is 6.03. The molecule has 1 aromatic carbocycles. The van der Waals surface area contributed by atoms with Gasteiger partial charge in [0.25, 0.3) is 0 Å². The van der Waals surface area contributed by atoms with E-state index in [4.69, 9.17) is 5.73 Å². The lowest BCUT2D eigenvalue weighted by Gasteiger charge is -2.10. The highest BCUT2D eigenvalue weighted by atomic mass is 79.9. The predicted octanol–water partition coefficient (Wildman–Crippen LogP) is 2.71. The molecule has 1 aromatic heterocycles. The van der Waals surface area contributed by atoms with E-state index in [2.05, 4.69) is 20.9 Å². The molecule has 16 heavy (non-hydrogen) atoms. The van der Waals surface area contributed by atoms with Crippen LogP contribution in [0.15, 0.2) is 28.9 Å². The third-order valence-electron chi connectivity index (χ3n) is 2.07. The molecule has 0 spiro atoms. The minimum Gasteiger partial charge on any atom is -0.383 e. The van der Waals surface area contributed by atoms with Gasteiger partial charge in [0.1, 0.15) is 11.9 Å². The summed E-state index contributed by atoms with van der Waals surface area (Å²) in [5.41, 5.74) is 6.07. The van der Waals surface area contributed by atoms with E-state index in [-0.39, 0.29) is 5.82 Å². The van der Waals surface area contributed by atoms with Crippen LogP contribution in [-0.2, 0) is 0 Å². The van der Waals surface area contributed by atoms with Crippen LogP contribution >= 0.6 is 27.3 Å². The lowest BCUT2D eigenvalue weighted by atomic mass is 10.1. The third-order valence-corrected chi connectivity index (χ3v) is 3.63. The van der Waals surface area contributed by atoms with E-state index in [0.29, 0.717) is 20.0 Å². The van der Waals surface area contributed by atoms with Crippen molar-refractivity contribution in [2.24, 2.45) is 0 Å². The Balaban J connectivity index is 2.37. The molecule has 3 nitrogen and oxygen atoms in total. The fraction of sp³-hybridized carbons (Fsp3) is 0.100. The number of rotatable bonds is 2. The number of hydrogen-bond donors (Lipinski definition) is 2. The van der Waals surface area contributed by atoms with Gasteiger partial charge in [0.05, 0.1) is 4.88 Å². The van der Waals surface area contributed by atoms with Crippen molar-refractivity contribution in [2.75, 3.05) is 5.73 Å². The SMILES string of the molecule is Nc1ncc(C(O)c2ccc(F)cc2Br)s1. The molecule has 6 heteroatoms. The molecule has 84 valence electrons. The molecule has 1 unspecified atom stereocenters. The van der Waals surface area contributed by atoms with Crippen LogP contribution in [0.3, 0.4) is 0 Å². The highest BCUT2D eigenvalue weighted by molar-refractivity contribution is 9.10. The van der Waals surface area contributed by atoms with E-state index in [0.717, 1.165) is 0 Å². The quantitative estimate of drug-likeness (QED) is 0.897. The number of benzene rings is 1. The lowest BCUT2D eigenvalue weighted by molar-refractivity contribution is 0.223. The van der Waals surface area contributed by atoms with Crippen molar-refractivity contribution in [1.82, 2.24) is 4.98 Å². The van der Waals surface area contributed by atoms with Crippen molar-refractivity contribution in [2.45, 2.75) is 6.10 Å². The number of thiazole rings is 1. The molecule has 1 atom stereocenters. The Morgan fingerprint density at radius 1 is 1.50 bits per heavy atom. The zero-order valence-corrected chi connectivity index (χ0v) is 10.4. The first kappa shape index (κ1) is 11.5. The van der Waals surface area contributed by atoms with Gasteiger partial charge in [-0.05, 0) is 12.1 Å². The van der Waals surface area contributed by atoms with Gasteiger partial charge in [-0.25, -0.2) is 9.37 Å². The number of nitrogen functional groups attached to an aromatic ring is 1.